The van der Waals surface area contributed by atoms with Crippen molar-refractivity contribution in [3.63, 3.8) is 0 Å². The standard InChI is InChI=1S/C21H14N2O3/c1-11-22-21-18(23(11)2)10-14(26-21)9-17-19(24)15-7-12-5-3-4-6-13(12)8-16(15)20(17)25/h3-10H,1-2H3. The van der Waals surface area contributed by atoms with Crippen LogP contribution in [0.5, 0.6) is 0 Å². The molecule has 0 aliphatic heterocycles. The summed E-state index contributed by atoms with van der Waals surface area (Å²) in [6, 6.07) is 13.1. The van der Waals surface area contributed by atoms with Crippen molar-refractivity contribution in [3.05, 3.63) is 70.7 Å². The number of fused-ring (bicyclic) bond motifs is 3. The number of aryl methyl sites for hydroxylation is 2. The number of hydrogen-bond donors (Lipinski definition) is 0. The van der Waals surface area contributed by atoms with Crippen LogP contribution in [-0.2, 0) is 7.05 Å². The van der Waals surface area contributed by atoms with Gasteiger partial charge in [-0.05, 0) is 35.9 Å². The van der Waals surface area contributed by atoms with Crippen molar-refractivity contribution in [3.8, 4) is 0 Å². The van der Waals surface area contributed by atoms with E-state index in [1.807, 2.05) is 42.8 Å². The number of nitrogens with zero attached hydrogens (tertiary/aromatic N) is 2. The van der Waals surface area contributed by atoms with Crippen molar-refractivity contribution in [1.29, 1.82) is 0 Å². The quantitative estimate of drug-likeness (QED) is 0.386. The van der Waals surface area contributed by atoms with Crippen LogP contribution in [0.3, 0.4) is 0 Å². The van der Waals surface area contributed by atoms with E-state index in [9.17, 15) is 9.59 Å². The first-order chi connectivity index (χ1) is 12.5. The number of rotatable bonds is 1. The Kier molecular flexibility index (Phi) is 2.86. The summed E-state index contributed by atoms with van der Waals surface area (Å²) in [7, 11) is 1.89. The van der Waals surface area contributed by atoms with Gasteiger partial charge in [0.1, 0.15) is 17.1 Å². The minimum Gasteiger partial charge on any atom is -0.437 e. The van der Waals surface area contributed by atoms with Crippen LogP contribution in [0.2, 0.25) is 0 Å². The van der Waals surface area contributed by atoms with E-state index in [1.165, 1.54) is 6.08 Å². The van der Waals surface area contributed by atoms with Crippen molar-refractivity contribution < 1.29 is 14.0 Å². The van der Waals surface area contributed by atoms with E-state index in [1.54, 1.807) is 18.2 Å². The van der Waals surface area contributed by atoms with Crippen LogP contribution in [0.4, 0.5) is 0 Å². The first-order valence-corrected chi connectivity index (χ1v) is 8.29. The fraction of sp³-hybridized carbons (Fsp3) is 0.0952. The number of benzene rings is 2. The molecule has 0 spiro atoms. The number of aromatic nitrogens is 2. The molecule has 0 atom stereocenters. The Morgan fingerprint density at radius 3 is 2.19 bits per heavy atom. The van der Waals surface area contributed by atoms with Gasteiger partial charge in [0.05, 0.1) is 5.57 Å². The lowest BCUT2D eigenvalue weighted by atomic mass is 10.0. The SMILES string of the molecule is Cc1nc2oc(C=C3C(=O)c4cc5ccccc5cc4C3=O)cc2n1C. The maximum Gasteiger partial charge on any atom is 0.245 e. The van der Waals surface area contributed by atoms with Gasteiger partial charge in [0, 0.05) is 24.2 Å². The van der Waals surface area contributed by atoms with Crippen molar-refractivity contribution in [2.45, 2.75) is 6.92 Å². The Labute approximate surface area is 148 Å². The summed E-state index contributed by atoms with van der Waals surface area (Å²) in [5.74, 6) is 0.762. The van der Waals surface area contributed by atoms with E-state index in [4.69, 9.17) is 4.42 Å². The number of ketones is 2. The largest absolute Gasteiger partial charge is 0.437 e. The van der Waals surface area contributed by atoms with Gasteiger partial charge < -0.3 is 8.98 Å². The Bertz CT molecular complexity index is 1230. The molecule has 0 amide bonds. The van der Waals surface area contributed by atoms with Gasteiger partial charge >= 0.3 is 0 Å². The van der Waals surface area contributed by atoms with E-state index in [0.717, 1.165) is 22.1 Å². The number of carbonyl (C=O) groups is 2. The van der Waals surface area contributed by atoms with Gasteiger partial charge in [0.15, 0.2) is 11.6 Å². The van der Waals surface area contributed by atoms with Crippen LogP contribution in [0.15, 0.2) is 52.5 Å². The second kappa shape index (κ2) is 5.02. The average Bonchev–Trinajstić information content (AvgIpc) is 3.22. The first-order valence-electron chi connectivity index (χ1n) is 8.29. The topological polar surface area (TPSA) is 65.1 Å². The molecule has 0 fully saturated rings. The zero-order chi connectivity index (χ0) is 18.0. The lowest BCUT2D eigenvalue weighted by molar-refractivity contribution is 0.0990. The van der Waals surface area contributed by atoms with E-state index in [0.29, 0.717) is 22.6 Å². The van der Waals surface area contributed by atoms with Crippen LogP contribution in [0, 0.1) is 6.92 Å². The van der Waals surface area contributed by atoms with Gasteiger partial charge in [-0.3, -0.25) is 9.59 Å². The molecule has 0 saturated carbocycles. The van der Waals surface area contributed by atoms with Crippen molar-refractivity contribution in [2.75, 3.05) is 0 Å². The molecule has 0 unspecified atom stereocenters. The monoisotopic (exact) mass is 342 g/mol. The molecule has 0 radical (unpaired) electrons. The average molecular weight is 342 g/mol. The number of Topliss-reactive ketones (excluding diaryl/α,β-unsaturated/α-hetero) is 2. The Hall–Kier alpha value is -3.47. The molecule has 0 N–H and O–H groups in total. The molecule has 5 rings (SSSR count). The van der Waals surface area contributed by atoms with Crippen LogP contribution < -0.4 is 0 Å². The molecular formula is C21H14N2O3. The molecule has 1 aliphatic rings. The molecular weight excluding hydrogens is 328 g/mol. The predicted octanol–water partition coefficient (Wildman–Crippen LogP) is 4.09. The third-order valence-electron chi connectivity index (χ3n) is 4.97. The molecule has 0 bridgehead atoms. The second-order valence-corrected chi connectivity index (χ2v) is 6.52. The Balaban J connectivity index is 1.64. The molecule has 5 nitrogen and oxygen atoms in total. The molecule has 26 heavy (non-hydrogen) atoms. The predicted molar refractivity (Wildman–Crippen MR) is 98.3 cm³/mol. The van der Waals surface area contributed by atoms with Gasteiger partial charge in [0.2, 0.25) is 5.71 Å². The first kappa shape index (κ1) is 14.8. The highest BCUT2D eigenvalue weighted by Gasteiger charge is 2.33. The highest BCUT2D eigenvalue weighted by molar-refractivity contribution is 6.42. The zero-order valence-electron chi connectivity index (χ0n) is 14.2. The highest BCUT2D eigenvalue weighted by atomic mass is 16.3. The lowest BCUT2D eigenvalue weighted by Crippen LogP contribution is -1.99. The highest BCUT2D eigenvalue weighted by Crippen LogP contribution is 2.32. The fourth-order valence-electron chi connectivity index (χ4n) is 3.46. The van der Waals surface area contributed by atoms with Crippen LogP contribution in [0.1, 0.15) is 32.3 Å². The third kappa shape index (κ3) is 1.94. The molecule has 2 aromatic heterocycles. The maximum atomic E-state index is 12.8. The molecule has 1 aliphatic carbocycles. The molecule has 2 aromatic carbocycles. The number of allylic oxidation sites excluding steroid dienone is 1. The normalized spacial score (nSPS) is 13.8. The van der Waals surface area contributed by atoms with Crippen LogP contribution in [-0.4, -0.2) is 21.1 Å². The summed E-state index contributed by atoms with van der Waals surface area (Å²) in [5, 5.41) is 1.88. The fourth-order valence-corrected chi connectivity index (χ4v) is 3.46. The van der Waals surface area contributed by atoms with E-state index in [2.05, 4.69) is 4.98 Å². The van der Waals surface area contributed by atoms with Gasteiger partial charge in [-0.2, -0.15) is 4.98 Å². The van der Waals surface area contributed by atoms with Crippen molar-refractivity contribution in [2.24, 2.45) is 7.05 Å². The van der Waals surface area contributed by atoms with Crippen LogP contribution >= 0.6 is 0 Å². The van der Waals surface area contributed by atoms with E-state index < -0.39 is 0 Å². The van der Waals surface area contributed by atoms with Crippen molar-refractivity contribution >= 4 is 39.6 Å². The lowest BCUT2D eigenvalue weighted by Gasteiger charge is -2.00. The number of hydrogen-bond acceptors (Lipinski definition) is 4. The number of carbonyl (C=O) groups excluding carboxylic acids is 2. The van der Waals surface area contributed by atoms with Gasteiger partial charge in [-0.25, -0.2) is 0 Å². The van der Waals surface area contributed by atoms with E-state index in [-0.39, 0.29) is 17.1 Å². The third-order valence-corrected chi connectivity index (χ3v) is 4.97. The van der Waals surface area contributed by atoms with E-state index >= 15 is 0 Å². The summed E-state index contributed by atoms with van der Waals surface area (Å²) in [4.78, 5) is 29.9. The molecule has 5 heteroatoms. The molecule has 2 heterocycles. The zero-order valence-corrected chi connectivity index (χ0v) is 14.2. The minimum absolute atomic E-state index is 0.131. The minimum atomic E-state index is -0.264. The van der Waals surface area contributed by atoms with Gasteiger partial charge in [-0.15, -0.1) is 0 Å². The molecule has 0 saturated heterocycles. The second-order valence-electron chi connectivity index (χ2n) is 6.52. The Morgan fingerprint density at radius 1 is 1.00 bits per heavy atom. The van der Waals surface area contributed by atoms with Crippen LogP contribution in [0.25, 0.3) is 28.1 Å². The Morgan fingerprint density at radius 2 is 1.62 bits per heavy atom. The van der Waals surface area contributed by atoms with Gasteiger partial charge in [-0.1, -0.05) is 24.3 Å². The number of imidazole rings is 1. The summed E-state index contributed by atoms with van der Waals surface area (Å²) >= 11 is 0. The smallest absolute Gasteiger partial charge is 0.245 e. The van der Waals surface area contributed by atoms with Crippen molar-refractivity contribution in [1.82, 2.24) is 9.55 Å². The number of furan rings is 1. The van der Waals surface area contributed by atoms with Gasteiger partial charge in [0.25, 0.3) is 0 Å². The summed E-state index contributed by atoms with van der Waals surface area (Å²) in [6.07, 6.45) is 1.52. The summed E-state index contributed by atoms with van der Waals surface area (Å²) in [6.45, 7) is 1.89. The summed E-state index contributed by atoms with van der Waals surface area (Å²) in [5.41, 5.74) is 2.36. The maximum absolute atomic E-state index is 12.8. The molecule has 126 valence electrons. The summed E-state index contributed by atoms with van der Waals surface area (Å²) < 4.78 is 7.60. The molecule has 4 aromatic rings.